The highest BCUT2D eigenvalue weighted by Crippen LogP contribution is 2.37. The molecule has 22 heavy (non-hydrogen) atoms. The van der Waals surface area contributed by atoms with Gasteiger partial charge in [0.25, 0.3) is 0 Å². The molecule has 0 radical (unpaired) electrons. The predicted octanol–water partition coefficient (Wildman–Crippen LogP) is 3.39. The van der Waals surface area contributed by atoms with Crippen LogP contribution < -0.4 is 10.1 Å². The zero-order valence-corrected chi connectivity index (χ0v) is 12.3. The summed E-state index contributed by atoms with van der Waals surface area (Å²) < 4.78 is 5.21. The molecule has 2 aromatic rings. The van der Waals surface area contributed by atoms with Gasteiger partial charge in [0.15, 0.2) is 5.78 Å². The molecule has 1 unspecified atom stereocenters. The number of Topliss-reactive ketones (excluding diaryl/α,β-unsaturated/α-hetero) is 1. The van der Waals surface area contributed by atoms with Gasteiger partial charge in [-0.1, -0.05) is 18.2 Å². The average molecular weight is 295 g/mol. The van der Waals surface area contributed by atoms with Crippen LogP contribution in [-0.4, -0.2) is 18.8 Å². The van der Waals surface area contributed by atoms with Gasteiger partial charge in [0.1, 0.15) is 5.75 Å². The first kappa shape index (κ1) is 14.3. The molecule has 0 spiro atoms. The number of methoxy groups -OCH3 is 1. The van der Waals surface area contributed by atoms with E-state index in [4.69, 9.17) is 4.74 Å². The van der Waals surface area contributed by atoms with Crippen molar-refractivity contribution in [1.29, 1.82) is 0 Å². The lowest BCUT2D eigenvalue weighted by atomic mass is 9.97. The molecule has 3 rings (SSSR count). The highest BCUT2D eigenvalue weighted by atomic mass is 16.5. The third-order valence-electron chi connectivity index (χ3n) is 3.92. The number of fused-ring (bicyclic) bond motifs is 1. The first-order valence-corrected chi connectivity index (χ1v) is 7.23. The normalized spacial score (nSPS) is 16.2. The molecule has 1 aliphatic carbocycles. The van der Waals surface area contributed by atoms with Crippen molar-refractivity contribution in [3.8, 4) is 5.75 Å². The second-order valence-electron chi connectivity index (χ2n) is 5.40. The molecule has 4 nitrogen and oxygen atoms in total. The van der Waals surface area contributed by atoms with Crippen LogP contribution in [0.5, 0.6) is 5.75 Å². The lowest BCUT2D eigenvalue weighted by molar-refractivity contribution is -0.116. The van der Waals surface area contributed by atoms with Crippen molar-refractivity contribution in [3.05, 3.63) is 59.7 Å². The number of rotatable bonds is 4. The minimum atomic E-state index is -0.0836. The van der Waals surface area contributed by atoms with E-state index >= 15 is 0 Å². The molecular weight excluding hydrogens is 278 g/mol. The van der Waals surface area contributed by atoms with Crippen molar-refractivity contribution < 1.29 is 14.3 Å². The van der Waals surface area contributed by atoms with E-state index in [2.05, 4.69) is 5.32 Å². The number of anilines is 1. The number of carbonyl (C=O) groups excluding carboxylic acids is 2. The van der Waals surface area contributed by atoms with Crippen molar-refractivity contribution in [1.82, 2.24) is 0 Å². The van der Waals surface area contributed by atoms with Crippen LogP contribution in [0.2, 0.25) is 0 Å². The van der Waals surface area contributed by atoms with Crippen LogP contribution in [0.1, 0.15) is 34.7 Å². The molecule has 0 bridgehead atoms. The Hall–Kier alpha value is -2.62. The van der Waals surface area contributed by atoms with Crippen molar-refractivity contribution in [2.45, 2.75) is 18.8 Å². The predicted molar refractivity (Wildman–Crippen MR) is 84.4 cm³/mol. The van der Waals surface area contributed by atoms with Crippen LogP contribution in [0.4, 0.5) is 5.69 Å². The highest BCUT2D eigenvalue weighted by Gasteiger charge is 2.31. The number of nitrogens with one attached hydrogen (secondary N) is 1. The number of hydrogen-bond acceptors (Lipinski definition) is 3. The Morgan fingerprint density at radius 3 is 2.73 bits per heavy atom. The van der Waals surface area contributed by atoms with Crippen molar-refractivity contribution >= 4 is 17.4 Å². The highest BCUT2D eigenvalue weighted by molar-refractivity contribution is 6.02. The van der Waals surface area contributed by atoms with Gasteiger partial charge in [-0.15, -0.1) is 0 Å². The van der Waals surface area contributed by atoms with Crippen molar-refractivity contribution in [2.24, 2.45) is 0 Å². The van der Waals surface area contributed by atoms with Crippen LogP contribution in [0.3, 0.4) is 0 Å². The van der Waals surface area contributed by atoms with Gasteiger partial charge in [-0.2, -0.15) is 0 Å². The first-order valence-electron chi connectivity index (χ1n) is 7.23. The molecule has 4 heteroatoms. The number of ether oxygens (including phenoxy) is 1. The van der Waals surface area contributed by atoms with Gasteiger partial charge in [0, 0.05) is 30.0 Å². The van der Waals surface area contributed by atoms with Crippen LogP contribution in [0, 0.1) is 0 Å². The third-order valence-corrected chi connectivity index (χ3v) is 3.92. The molecule has 1 amide bonds. The largest absolute Gasteiger partial charge is 0.497 e. The summed E-state index contributed by atoms with van der Waals surface area (Å²) in [5.74, 6) is 0.637. The van der Waals surface area contributed by atoms with E-state index in [0.29, 0.717) is 24.2 Å². The van der Waals surface area contributed by atoms with E-state index in [1.165, 1.54) is 0 Å². The van der Waals surface area contributed by atoms with Gasteiger partial charge < -0.3 is 10.1 Å². The Bertz CT molecular complexity index is 710. The SMILES string of the molecule is COc1ccc2c(c1)C(CC(=O)Nc1ccccc1)CC2=O. The molecule has 0 heterocycles. The zero-order valence-electron chi connectivity index (χ0n) is 12.3. The van der Waals surface area contributed by atoms with Crippen LogP contribution >= 0.6 is 0 Å². The topological polar surface area (TPSA) is 55.4 Å². The summed E-state index contributed by atoms with van der Waals surface area (Å²) in [6.07, 6.45) is 0.672. The third kappa shape index (κ3) is 2.86. The first-order chi connectivity index (χ1) is 10.7. The molecule has 0 saturated carbocycles. The number of amides is 1. The fraction of sp³-hybridized carbons (Fsp3) is 0.222. The minimum absolute atomic E-state index is 0.0821. The molecule has 2 aromatic carbocycles. The lowest BCUT2D eigenvalue weighted by Gasteiger charge is -2.12. The summed E-state index contributed by atoms with van der Waals surface area (Å²) in [6.45, 7) is 0. The summed E-state index contributed by atoms with van der Waals surface area (Å²) in [4.78, 5) is 24.2. The maximum absolute atomic E-state index is 12.2. The quantitative estimate of drug-likeness (QED) is 0.940. The maximum atomic E-state index is 12.2. The van der Waals surface area contributed by atoms with Crippen molar-refractivity contribution in [3.63, 3.8) is 0 Å². The van der Waals surface area contributed by atoms with E-state index in [1.807, 2.05) is 36.4 Å². The zero-order chi connectivity index (χ0) is 15.5. The monoisotopic (exact) mass is 295 g/mol. The Labute approximate surface area is 129 Å². The van der Waals surface area contributed by atoms with E-state index < -0.39 is 0 Å². The maximum Gasteiger partial charge on any atom is 0.224 e. The van der Waals surface area contributed by atoms with Crippen LogP contribution in [0.15, 0.2) is 48.5 Å². The fourth-order valence-electron chi connectivity index (χ4n) is 2.84. The standard InChI is InChI=1S/C18H17NO3/c1-22-14-7-8-15-16(11-14)12(9-17(15)20)10-18(21)19-13-5-3-2-4-6-13/h2-8,11-12H,9-10H2,1H3,(H,19,21). The number of para-hydroxylation sites is 1. The van der Waals surface area contributed by atoms with Gasteiger partial charge in [0.2, 0.25) is 5.91 Å². The van der Waals surface area contributed by atoms with E-state index in [9.17, 15) is 9.59 Å². The number of hydrogen-bond donors (Lipinski definition) is 1. The van der Waals surface area contributed by atoms with E-state index in [1.54, 1.807) is 19.2 Å². The molecule has 1 atom stereocenters. The Morgan fingerprint density at radius 2 is 2.00 bits per heavy atom. The molecular formula is C18H17NO3. The smallest absolute Gasteiger partial charge is 0.224 e. The van der Waals surface area contributed by atoms with Crippen LogP contribution in [0.25, 0.3) is 0 Å². The Balaban J connectivity index is 1.74. The fourth-order valence-corrected chi connectivity index (χ4v) is 2.84. The number of ketones is 1. The summed E-state index contributed by atoms with van der Waals surface area (Å²) in [6, 6.07) is 14.7. The van der Waals surface area contributed by atoms with Gasteiger partial charge in [0.05, 0.1) is 7.11 Å². The molecule has 0 aromatic heterocycles. The van der Waals surface area contributed by atoms with E-state index in [-0.39, 0.29) is 17.6 Å². The van der Waals surface area contributed by atoms with Gasteiger partial charge in [-0.3, -0.25) is 9.59 Å². The lowest BCUT2D eigenvalue weighted by Crippen LogP contribution is -2.14. The number of carbonyl (C=O) groups is 2. The molecule has 0 saturated heterocycles. The van der Waals surface area contributed by atoms with Crippen LogP contribution in [-0.2, 0) is 4.79 Å². The van der Waals surface area contributed by atoms with E-state index in [0.717, 1.165) is 11.3 Å². The second-order valence-corrected chi connectivity index (χ2v) is 5.40. The van der Waals surface area contributed by atoms with Gasteiger partial charge in [-0.25, -0.2) is 0 Å². The second kappa shape index (κ2) is 6.02. The average Bonchev–Trinajstić information content (AvgIpc) is 2.83. The Morgan fingerprint density at radius 1 is 1.23 bits per heavy atom. The molecule has 1 aliphatic rings. The summed E-state index contributed by atoms with van der Waals surface area (Å²) >= 11 is 0. The number of benzene rings is 2. The summed E-state index contributed by atoms with van der Waals surface area (Å²) in [7, 11) is 1.59. The Kier molecular flexibility index (Phi) is 3.92. The summed E-state index contributed by atoms with van der Waals surface area (Å²) in [5.41, 5.74) is 2.38. The van der Waals surface area contributed by atoms with Crippen molar-refractivity contribution in [2.75, 3.05) is 12.4 Å². The molecule has 1 N–H and O–H groups in total. The van der Waals surface area contributed by atoms with Gasteiger partial charge >= 0.3 is 0 Å². The van der Waals surface area contributed by atoms with Gasteiger partial charge in [-0.05, 0) is 35.9 Å². The summed E-state index contributed by atoms with van der Waals surface area (Å²) in [5, 5.41) is 2.86. The minimum Gasteiger partial charge on any atom is -0.497 e. The molecule has 0 fully saturated rings. The molecule has 112 valence electrons. The molecule has 0 aliphatic heterocycles.